The topological polar surface area (TPSA) is 66.8 Å². The fourth-order valence-corrected chi connectivity index (χ4v) is 4.30. The minimum Gasteiger partial charge on any atom is -0.503 e. The molecule has 5 heteroatoms. The van der Waals surface area contributed by atoms with E-state index in [1.165, 1.54) is 0 Å². The van der Waals surface area contributed by atoms with Crippen LogP contribution in [-0.2, 0) is 14.3 Å². The Morgan fingerprint density at radius 1 is 1.17 bits per heavy atom. The quantitative estimate of drug-likeness (QED) is 0.840. The fourth-order valence-electron chi connectivity index (χ4n) is 4.30. The van der Waals surface area contributed by atoms with Crippen LogP contribution in [0.2, 0.25) is 0 Å². The highest BCUT2D eigenvalue weighted by Crippen LogP contribution is 2.43. The summed E-state index contributed by atoms with van der Waals surface area (Å²) in [6.45, 7) is 6.46. The molecule has 5 nitrogen and oxygen atoms in total. The lowest BCUT2D eigenvalue weighted by molar-refractivity contribution is -0.131. The zero-order valence-corrected chi connectivity index (χ0v) is 17.1. The van der Waals surface area contributed by atoms with Crippen LogP contribution >= 0.6 is 0 Å². The first kappa shape index (κ1) is 19.6. The second-order valence-corrected chi connectivity index (χ2v) is 8.90. The third-order valence-electron chi connectivity index (χ3n) is 5.77. The molecule has 0 spiro atoms. The van der Waals surface area contributed by atoms with Crippen molar-refractivity contribution < 1.29 is 19.4 Å². The second-order valence-electron chi connectivity index (χ2n) is 8.90. The van der Waals surface area contributed by atoms with Gasteiger partial charge in [-0.15, -0.1) is 0 Å². The Morgan fingerprint density at radius 3 is 2.59 bits per heavy atom. The van der Waals surface area contributed by atoms with E-state index in [1.54, 1.807) is 4.90 Å². The van der Waals surface area contributed by atoms with Gasteiger partial charge in [0.05, 0.1) is 17.7 Å². The highest BCUT2D eigenvalue weighted by atomic mass is 16.5. The molecular formula is C24H27NO4. The van der Waals surface area contributed by atoms with Gasteiger partial charge in [0.2, 0.25) is 0 Å². The monoisotopic (exact) mass is 393 g/mol. The van der Waals surface area contributed by atoms with Crippen molar-refractivity contribution >= 4 is 22.5 Å². The molecule has 1 N–H and O–H groups in total. The Morgan fingerprint density at radius 2 is 1.90 bits per heavy atom. The molecule has 2 aromatic rings. The van der Waals surface area contributed by atoms with Crippen LogP contribution in [0.15, 0.2) is 53.8 Å². The molecule has 1 saturated heterocycles. The average Bonchev–Trinajstić information content (AvgIpc) is 3.29. The summed E-state index contributed by atoms with van der Waals surface area (Å²) in [6.07, 6.45) is 1.75. The van der Waals surface area contributed by atoms with Crippen LogP contribution < -0.4 is 0 Å². The van der Waals surface area contributed by atoms with Crippen molar-refractivity contribution in [3.8, 4) is 0 Å². The van der Waals surface area contributed by atoms with Crippen molar-refractivity contribution in [2.24, 2.45) is 5.41 Å². The highest BCUT2D eigenvalue weighted by molar-refractivity contribution is 6.11. The molecule has 0 saturated carbocycles. The number of carbonyl (C=O) groups excluding carboxylic acids is 2. The van der Waals surface area contributed by atoms with Gasteiger partial charge >= 0.3 is 0 Å². The first-order valence-electron chi connectivity index (χ1n) is 10.2. The fraction of sp³-hybridized carbons (Fsp3) is 0.417. The van der Waals surface area contributed by atoms with Crippen molar-refractivity contribution in [2.45, 2.75) is 45.8 Å². The summed E-state index contributed by atoms with van der Waals surface area (Å²) in [6, 6.07) is 13.2. The van der Waals surface area contributed by atoms with Crippen molar-refractivity contribution in [3.63, 3.8) is 0 Å². The van der Waals surface area contributed by atoms with E-state index in [0.29, 0.717) is 13.2 Å². The molecule has 0 bridgehead atoms. The van der Waals surface area contributed by atoms with Crippen molar-refractivity contribution in [3.05, 3.63) is 59.4 Å². The number of carbonyl (C=O) groups is 2. The number of amides is 1. The molecule has 2 aliphatic rings. The van der Waals surface area contributed by atoms with Crippen LogP contribution in [0.4, 0.5) is 0 Å². The van der Waals surface area contributed by atoms with Gasteiger partial charge in [0, 0.05) is 18.6 Å². The van der Waals surface area contributed by atoms with E-state index in [4.69, 9.17) is 4.74 Å². The largest absolute Gasteiger partial charge is 0.503 e. The Bertz CT molecular complexity index is 990. The molecule has 1 fully saturated rings. The minimum atomic E-state index is -0.716. The predicted molar refractivity (Wildman–Crippen MR) is 111 cm³/mol. The maximum absolute atomic E-state index is 13.3. The summed E-state index contributed by atoms with van der Waals surface area (Å²) in [5.74, 6) is -1.14. The standard InChI is InChI=1S/C24H27NO4/c1-24(2,3)22(27)19-20(18-12-6-9-15-8-4-5-11-17(15)18)25(23(28)21(19)26)14-16-10-7-13-29-16/h4-6,8-9,11-12,16,20,26H,7,10,13-14H2,1-3H3. The van der Waals surface area contributed by atoms with Crippen LogP contribution in [0.1, 0.15) is 45.2 Å². The molecule has 0 radical (unpaired) electrons. The Labute approximate surface area is 171 Å². The summed E-state index contributed by atoms with van der Waals surface area (Å²) in [5.41, 5.74) is 0.328. The van der Waals surface area contributed by atoms with Gasteiger partial charge in [0.1, 0.15) is 0 Å². The normalized spacial score (nSPS) is 22.7. The summed E-state index contributed by atoms with van der Waals surface area (Å²) < 4.78 is 5.75. The third kappa shape index (κ3) is 3.44. The lowest BCUT2D eigenvalue weighted by Gasteiger charge is -2.31. The first-order chi connectivity index (χ1) is 13.8. The first-order valence-corrected chi connectivity index (χ1v) is 10.2. The number of hydrogen-bond donors (Lipinski definition) is 1. The van der Waals surface area contributed by atoms with Crippen LogP contribution in [0.3, 0.4) is 0 Å². The number of nitrogens with zero attached hydrogens (tertiary/aromatic N) is 1. The lowest BCUT2D eigenvalue weighted by Crippen LogP contribution is -2.38. The van der Waals surface area contributed by atoms with E-state index in [1.807, 2.05) is 63.2 Å². The molecule has 29 heavy (non-hydrogen) atoms. The number of ether oxygens (including phenoxy) is 1. The smallest absolute Gasteiger partial charge is 0.290 e. The maximum atomic E-state index is 13.3. The SMILES string of the molecule is CC(C)(C)C(=O)C1=C(O)C(=O)N(CC2CCCO2)C1c1cccc2ccccc12. The van der Waals surface area contributed by atoms with Crippen LogP contribution in [0.25, 0.3) is 10.8 Å². The number of aliphatic hydroxyl groups is 1. The zero-order valence-electron chi connectivity index (χ0n) is 17.1. The summed E-state index contributed by atoms with van der Waals surface area (Å²) >= 11 is 0. The van der Waals surface area contributed by atoms with Gasteiger partial charge in [-0.1, -0.05) is 63.2 Å². The van der Waals surface area contributed by atoms with Gasteiger partial charge in [-0.25, -0.2) is 0 Å². The van der Waals surface area contributed by atoms with Gasteiger partial charge in [-0.3, -0.25) is 9.59 Å². The molecule has 0 aliphatic carbocycles. The Balaban J connectivity index is 1.87. The van der Waals surface area contributed by atoms with E-state index < -0.39 is 23.1 Å². The van der Waals surface area contributed by atoms with Gasteiger partial charge < -0.3 is 14.7 Å². The van der Waals surface area contributed by atoms with E-state index in [9.17, 15) is 14.7 Å². The maximum Gasteiger partial charge on any atom is 0.290 e. The van der Waals surface area contributed by atoms with E-state index in [-0.39, 0.29) is 17.5 Å². The number of benzene rings is 2. The molecule has 2 aliphatic heterocycles. The average molecular weight is 393 g/mol. The zero-order chi connectivity index (χ0) is 20.8. The van der Waals surface area contributed by atoms with E-state index in [2.05, 4.69) is 0 Å². The van der Waals surface area contributed by atoms with Crippen LogP contribution in [0, 0.1) is 5.41 Å². The number of aliphatic hydroxyl groups excluding tert-OH is 1. The Kier molecular flexibility index (Phi) is 4.95. The van der Waals surface area contributed by atoms with Gasteiger partial charge in [-0.05, 0) is 29.2 Å². The molecule has 1 amide bonds. The molecule has 0 aromatic heterocycles. The third-order valence-corrected chi connectivity index (χ3v) is 5.77. The number of Topliss-reactive ketones (excluding diaryl/α,β-unsaturated/α-hetero) is 1. The van der Waals surface area contributed by atoms with Crippen molar-refractivity contribution in [1.82, 2.24) is 4.90 Å². The lowest BCUT2D eigenvalue weighted by atomic mass is 9.81. The minimum absolute atomic E-state index is 0.0756. The van der Waals surface area contributed by atoms with Gasteiger partial charge in [-0.2, -0.15) is 0 Å². The van der Waals surface area contributed by atoms with Crippen LogP contribution in [-0.4, -0.2) is 41.0 Å². The Hall–Kier alpha value is -2.66. The second kappa shape index (κ2) is 7.30. The number of ketones is 1. The molecule has 4 rings (SSSR count). The number of rotatable bonds is 4. The molecule has 2 heterocycles. The molecular weight excluding hydrogens is 366 g/mol. The molecule has 2 atom stereocenters. The van der Waals surface area contributed by atoms with E-state index in [0.717, 1.165) is 29.2 Å². The summed E-state index contributed by atoms with van der Waals surface area (Å²) in [5, 5.41) is 12.8. The van der Waals surface area contributed by atoms with Gasteiger partial charge in [0.15, 0.2) is 11.5 Å². The molecule has 2 aromatic carbocycles. The molecule has 2 unspecified atom stereocenters. The van der Waals surface area contributed by atoms with Gasteiger partial charge in [0.25, 0.3) is 5.91 Å². The summed E-state index contributed by atoms with van der Waals surface area (Å²) in [4.78, 5) is 28.0. The number of fused-ring (bicyclic) bond motifs is 1. The number of hydrogen-bond acceptors (Lipinski definition) is 4. The molecule has 152 valence electrons. The highest BCUT2D eigenvalue weighted by Gasteiger charge is 2.47. The van der Waals surface area contributed by atoms with Crippen LogP contribution in [0.5, 0.6) is 0 Å². The van der Waals surface area contributed by atoms with Crippen molar-refractivity contribution in [1.29, 1.82) is 0 Å². The van der Waals surface area contributed by atoms with E-state index >= 15 is 0 Å². The summed E-state index contributed by atoms with van der Waals surface area (Å²) in [7, 11) is 0. The van der Waals surface area contributed by atoms with Crippen molar-refractivity contribution in [2.75, 3.05) is 13.2 Å². The predicted octanol–water partition coefficient (Wildman–Crippen LogP) is 4.33.